The van der Waals surface area contributed by atoms with Crippen LogP contribution in [0.15, 0.2) is 42.5 Å². The van der Waals surface area contributed by atoms with Crippen molar-refractivity contribution in [2.45, 2.75) is 12.3 Å². The third-order valence-corrected chi connectivity index (χ3v) is 4.23. The molecule has 0 radical (unpaired) electrons. The summed E-state index contributed by atoms with van der Waals surface area (Å²) < 4.78 is 19.0. The molecule has 0 amide bonds. The molecule has 0 aliphatic rings. The first kappa shape index (κ1) is 18.9. The maximum atomic E-state index is 14.2. The van der Waals surface area contributed by atoms with E-state index in [1.54, 1.807) is 43.4 Å². The minimum Gasteiger partial charge on any atom is -0.465 e. The third kappa shape index (κ3) is 4.28. The van der Waals surface area contributed by atoms with E-state index in [2.05, 4.69) is 30.0 Å². The van der Waals surface area contributed by atoms with Crippen LogP contribution in [0, 0.1) is 0 Å². The topological polar surface area (TPSA) is 81.9 Å². The van der Waals surface area contributed by atoms with Crippen molar-refractivity contribution in [1.82, 2.24) is 20.2 Å². The quantitative estimate of drug-likeness (QED) is 0.534. The maximum absolute atomic E-state index is 14.2. The number of anilines is 2. The van der Waals surface area contributed by atoms with Gasteiger partial charge in [-0.2, -0.15) is 4.80 Å². The van der Waals surface area contributed by atoms with Crippen molar-refractivity contribution in [3.63, 3.8) is 0 Å². The number of carbonyl (C=O) groups is 1. The minimum absolute atomic E-state index is 0.350. The first-order chi connectivity index (χ1) is 12.8. The minimum atomic E-state index is -1.54. The maximum Gasteiger partial charge on any atom is 0.337 e. The van der Waals surface area contributed by atoms with E-state index in [1.807, 2.05) is 6.07 Å². The number of carbonyl (C=O) groups excluding carboxylic acids is 1. The van der Waals surface area contributed by atoms with E-state index in [0.29, 0.717) is 33.9 Å². The molecular formula is C18H19FN5O2P. The van der Waals surface area contributed by atoms with Crippen LogP contribution in [-0.4, -0.2) is 33.3 Å². The zero-order valence-corrected chi connectivity index (χ0v) is 16.3. The number of tetrazole rings is 1. The standard InChI is InChI=1S/C18H19FN5O2P/c1-18(19,27)12-5-4-6-13(10-12)20-15-8-7-11(17(25)26-3)9-14(15)16-21-23-24(2)22-16/h4-10,20H,27H2,1-3H3. The first-order valence-corrected chi connectivity index (χ1v) is 8.68. The molecule has 1 N–H and O–H groups in total. The van der Waals surface area contributed by atoms with Gasteiger partial charge in [-0.1, -0.05) is 21.4 Å². The summed E-state index contributed by atoms with van der Waals surface area (Å²) in [5, 5.41) is 13.8. The summed E-state index contributed by atoms with van der Waals surface area (Å²) in [6, 6.07) is 12.0. The summed E-state index contributed by atoms with van der Waals surface area (Å²) in [7, 11) is 5.14. The molecule has 27 heavy (non-hydrogen) atoms. The van der Waals surface area contributed by atoms with Gasteiger partial charge in [-0.05, 0) is 48.0 Å². The second-order valence-electron chi connectivity index (χ2n) is 6.14. The van der Waals surface area contributed by atoms with E-state index in [9.17, 15) is 9.18 Å². The highest BCUT2D eigenvalue weighted by atomic mass is 31.0. The van der Waals surface area contributed by atoms with Crippen LogP contribution < -0.4 is 5.32 Å². The van der Waals surface area contributed by atoms with Crippen molar-refractivity contribution < 1.29 is 13.9 Å². The molecule has 0 bridgehead atoms. The highest BCUT2D eigenvalue weighted by Crippen LogP contribution is 2.35. The molecule has 3 rings (SSSR count). The molecule has 0 fully saturated rings. The van der Waals surface area contributed by atoms with Crippen molar-refractivity contribution in [2.24, 2.45) is 7.05 Å². The lowest BCUT2D eigenvalue weighted by Crippen LogP contribution is -2.06. The number of aromatic nitrogens is 4. The van der Waals surface area contributed by atoms with Crippen molar-refractivity contribution in [3.05, 3.63) is 53.6 Å². The fraction of sp³-hybridized carbons (Fsp3) is 0.222. The Bertz CT molecular complexity index is 984. The Balaban J connectivity index is 2.03. The number of methoxy groups -OCH3 is 1. The van der Waals surface area contributed by atoms with E-state index in [-0.39, 0.29) is 0 Å². The number of esters is 1. The number of rotatable bonds is 5. The summed E-state index contributed by atoms with van der Waals surface area (Å²) >= 11 is 0. The van der Waals surface area contributed by atoms with Crippen molar-refractivity contribution in [3.8, 4) is 11.4 Å². The predicted octanol–water partition coefficient (Wildman–Crippen LogP) is 3.42. The average Bonchev–Trinajstić information content (AvgIpc) is 3.07. The van der Waals surface area contributed by atoms with Gasteiger partial charge >= 0.3 is 5.97 Å². The van der Waals surface area contributed by atoms with Gasteiger partial charge in [0.25, 0.3) is 0 Å². The summed E-state index contributed by atoms with van der Waals surface area (Å²) in [5.41, 5.74) is 2.79. The number of benzene rings is 2. The molecule has 0 aliphatic carbocycles. The number of hydrogen-bond acceptors (Lipinski definition) is 6. The number of nitrogens with zero attached hydrogens (tertiary/aromatic N) is 4. The lowest BCUT2D eigenvalue weighted by molar-refractivity contribution is 0.0601. The molecule has 2 atom stereocenters. The molecule has 2 aromatic carbocycles. The SMILES string of the molecule is COC(=O)c1ccc(Nc2cccc(C(C)(F)P)c2)c(-c2nnn(C)n2)c1. The van der Waals surface area contributed by atoms with Gasteiger partial charge in [-0.3, -0.25) is 0 Å². The van der Waals surface area contributed by atoms with Crippen LogP contribution >= 0.6 is 9.24 Å². The highest BCUT2D eigenvalue weighted by Gasteiger charge is 2.20. The van der Waals surface area contributed by atoms with E-state index in [0.717, 1.165) is 0 Å². The summed E-state index contributed by atoms with van der Waals surface area (Å²) in [6.45, 7) is 1.47. The molecule has 9 heteroatoms. The molecule has 0 spiro atoms. The van der Waals surface area contributed by atoms with Gasteiger partial charge in [-0.25, -0.2) is 9.18 Å². The van der Waals surface area contributed by atoms with Crippen molar-refractivity contribution >= 4 is 26.6 Å². The Kier molecular flexibility index (Phi) is 5.19. The van der Waals surface area contributed by atoms with Crippen LogP contribution in [0.1, 0.15) is 22.8 Å². The fourth-order valence-corrected chi connectivity index (χ4v) is 2.71. The molecule has 0 saturated heterocycles. The van der Waals surface area contributed by atoms with Gasteiger partial charge in [0.15, 0.2) is 0 Å². The van der Waals surface area contributed by atoms with Gasteiger partial charge in [-0.15, -0.1) is 10.2 Å². The molecule has 0 aliphatic heterocycles. The van der Waals surface area contributed by atoms with Gasteiger partial charge < -0.3 is 10.1 Å². The van der Waals surface area contributed by atoms with E-state index in [4.69, 9.17) is 4.74 Å². The second kappa shape index (κ2) is 7.40. The fourth-order valence-electron chi connectivity index (χ4n) is 2.53. The number of aryl methyl sites for hydroxylation is 1. The lowest BCUT2D eigenvalue weighted by Gasteiger charge is -2.17. The zero-order valence-electron chi connectivity index (χ0n) is 15.1. The summed E-state index contributed by atoms with van der Waals surface area (Å²) in [5.74, 6) is -0.117. The molecule has 0 saturated carbocycles. The molecule has 7 nitrogen and oxygen atoms in total. The van der Waals surface area contributed by atoms with Crippen LogP contribution in [0.5, 0.6) is 0 Å². The van der Waals surface area contributed by atoms with Crippen LogP contribution in [0.3, 0.4) is 0 Å². The highest BCUT2D eigenvalue weighted by molar-refractivity contribution is 7.18. The van der Waals surface area contributed by atoms with Crippen LogP contribution in [0.25, 0.3) is 11.4 Å². The van der Waals surface area contributed by atoms with Gasteiger partial charge in [0, 0.05) is 16.9 Å². The third-order valence-electron chi connectivity index (χ3n) is 3.90. The molecule has 140 valence electrons. The molecule has 1 heterocycles. The lowest BCUT2D eigenvalue weighted by atomic mass is 10.1. The van der Waals surface area contributed by atoms with E-state index >= 15 is 0 Å². The molecule has 2 unspecified atom stereocenters. The zero-order chi connectivity index (χ0) is 19.6. The van der Waals surface area contributed by atoms with Gasteiger partial charge in [0.2, 0.25) is 5.82 Å². The van der Waals surface area contributed by atoms with Gasteiger partial charge in [0.1, 0.15) is 5.41 Å². The Labute approximate surface area is 158 Å². The molecule has 1 aromatic heterocycles. The number of ether oxygens (including phenoxy) is 1. The molecule has 3 aromatic rings. The first-order valence-electron chi connectivity index (χ1n) is 8.10. The number of halogens is 1. The number of nitrogens with one attached hydrogen (secondary N) is 1. The summed E-state index contributed by atoms with van der Waals surface area (Å²) in [4.78, 5) is 13.2. The average molecular weight is 387 g/mol. The second-order valence-corrected chi connectivity index (χ2v) is 7.22. The van der Waals surface area contributed by atoms with Crippen molar-refractivity contribution in [2.75, 3.05) is 12.4 Å². The Morgan fingerprint density at radius 1 is 1.30 bits per heavy atom. The smallest absolute Gasteiger partial charge is 0.337 e. The van der Waals surface area contributed by atoms with Crippen LogP contribution in [0.2, 0.25) is 0 Å². The molecular weight excluding hydrogens is 368 g/mol. The van der Waals surface area contributed by atoms with E-state index in [1.165, 1.54) is 18.8 Å². The predicted molar refractivity (Wildman–Crippen MR) is 103 cm³/mol. The largest absolute Gasteiger partial charge is 0.465 e. The Morgan fingerprint density at radius 3 is 2.70 bits per heavy atom. The van der Waals surface area contributed by atoms with Crippen LogP contribution in [-0.2, 0) is 17.2 Å². The van der Waals surface area contributed by atoms with E-state index < -0.39 is 11.4 Å². The normalized spacial score (nSPS) is 13.1. The Hall–Kier alpha value is -2.86. The van der Waals surface area contributed by atoms with Crippen molar-refractivity contribution in [1.29, 1.82) is 0 Å². The number of hydrogen-bond donors (Lipinski definition) is 1. The van der Waals surface area contributed by atoms with Gasteiger partial charge in [0.05, 0.1) is 19.7 Å². The van der Waals surface area contributed by atoms with Crippen LogP contribution in [0.4, 0.5) is 15.8 Å². The monoisotopic (exact) mass is 387 g/mol. The Morgan fingerprint density at radius 2 is 2.07 bits per heavy atom. The number of alkyl halides is 1. The summed E-state index contributed by atoms with van der Waals surface area (Å²) in [6.07, 6.45) is 0.